The van der Waals surface area contributed by atoms with Crippen molar-refractivity contribution in [2.45, 2.75) is 65.2 Å². The first kappa shape index (κ1) is 16.9. The number of unbranched alkanes of at least 4 members (excludes halogenated alkanes) is 4. The largest absolute Gasteiger partial charge is 0.397 e. The molecule has 0 heterocycles. The number of hydrogen-bond donors (Lipinski definition) is 1. The van der Waals surface area contributed by atoms with Gasteiger partial charge in [-0.25, -0.2) is 4.18 Å². The molecule has 0 aliphatic rings. The lowest BCUT2D eigenvalue weighted by Crippen LogP contribution is -2.14. The summed E-state index contributed by atoms with van der Waals surface area (Å²) in [6.45, 7) is 4.40. The maximum atomic E-state index is 10.5. The average Bonchev–Trinajstić information content (AvgIpc) is 2.24. The van der Waals surface area contributed by atoms with Gasteiger partial charge in [0.2, 0.25) is 0 Å². The summed E-state index contributed by atoms with van der Waals surface area (Å²) < 4.78 is 34.1. The van der Waals surface area contributed by atoms with E-state index in [1.54, 1.807) is 0 Å². The second kappa shape index (κ2) is 9.85. The third kappa shape index (κ3) is 12.1. The molecule has 5 heteroatoms. The molecule has 0 aromatic heterocycles. The average molecular weight is 266 g/mol. The summed E-state index contributed by atoms with van der Waals surface area (Å²) in [6.07, 6.45) is 8.79. The fourth-order valence-electron chi connectivity index (χ4n) is 1.86. The highest BCUT2D eigenvalue weighted by atomic mass is 32.3. The van der Waals surface area contributed by atoms with Crippen LogP contribution in [0, 0.1) is 5.92 Å². The smallest absolute Gasteiger partial charge is 0.264 e. The molecule has 0 rings (SSSR count). The highest BCUT2D eigenvalue weighted by Gasteiger charge is 2.13. The zero-order valence-corrected chi connectivity index (χ0v) is 11.8. The Balaban J connectivity index is 3.92. The summed E-state index contributed by atoms with van der Waals surface area (Å²) in [5.74, 6) is 0.245. The van der Waals surface area contributed by atoms with Crippen LogP contribution in [0.2, 0.25) is 0 Å². The van der Waals surface area contributed by atoms with Gasteiger partial charge in [-0.2, -0.15) is 8.42 Å². The fourth-order valence-corrected chi connectivity index (χ4v) is 2.22. The Morgan fingerprint density at radius 2 is 1.47 bits per heavy atom. The van der Waals surface area contributed by atoms with Crippen LogP contribution in [-0.2, 0) is 14.6 Å². The van der Waals surface area contributed by atoms with Crippen LogP contribution >= 0.6 is 0 Å². The first-order valence-corrected chi connectivity index (χ1v) is 7.98. The van der Waals surface area contributed by atoms with Crippen LogP contribution in [0.5, 0.6) is 0 Å². The molecule has 17 heavy (non-hydrogen) atoms. The van der Waals surface area contributed by atoms with E-state index >= 15 is 0 Å². The third-order valence-electron chi connectivity index (χ3n) is 2.88. The van der Waals surface area contributed by atoms with Crippen LogP contribution in [0.25, 0.3) is 0 Å². The summed E-state index contributed by atoms with van der Waals surface area (Å²) in [5, 5.41) is 0. The second-order valence-corrected chi connectivity index (χ2v) is 5.66. The Morgan fingerprint density at radius 3 is 1.82 bits per heavy atom. The quantitative estimate of drug-likeness (QED) is 0.458. The Hall–Kier alpha value is -0.130. The van der Waals surface area contributed by atoms with E-state index in [-0.39, 0.29) is 12.5 Å². The maximum Gasteiger partial charge on any atom is 0.397 e. The molecule has 0 saturated carbocycles. The molecule has 0 aromatic rings. The van der Waals surface area contributed by atoms with Gasteiger partial charge in [0, 0.05) is 0 Å². The van der Waals surface area contributed by atoms with E-state index < -0.39 is 10.4 Å². The van der Waals surface area contributed by atoms with E-state index in [9.17, 15) is 8.42 Å². The Bertz CT molecular complexity index is 252. The second-order valence-electron chi connectivity index (χ2n) is 4.57. The van der Waals surface area contributed by atoms with E-state index in [1.165, 1.54) is 0 Å². The number of hydrogen-bond acceptors (Lipinski definition) is 3. The highest BCUT2D eigenvalue weighted by Crippen LogP contribution is 2.18. The summed E-state index contributed by atoms with van der Waals surface area (Å²) >= 11 is 0. The zero-order chi connectivity index (χ0) is 13.1. The minimum atomic E-state index is -4.28. The Morgan fingerprint density at radius 1 is 1.00 bits per heavy atom. The van der Waals surface area contributed by atoms with Crippen LogP contribution in [-0.4, -0.2) is 19.6 Å². The summed E-state index contributed by atoms with van der Waals surface area (Å²) in [7, 11) is -4.28. The topological polar surface area (TPSA) is 63.6 Å². The fraction of sp³-hybridized carbons (Fsp3) is 1.00. The standard InChI is InChI=1S/C12H26O4S/c1-3-5-7-9-12(10-8-6-4-2)11-16-17(13,14)15/h12H,3-11H2,1-2H3,(H,13,14,15). The molecule has 0 aromatic carbocycles. The van der Waals surface area contributed by atoms with E-state index in [2.05, 4.69) is 18.0 Å². The van der Waals surface area contributed by atoms with Gasteiger partial charge in [-0.3, -0.25) is 4.55 Å². The third-order valence-corrected chi connectivity index (χ3v) is 3.32. The van der Waals surface area contributed by atoms with Crippen molar-refractivity contribution < 1.29 is 17.2 Å². The molecule has 0 atom stereocenters. The van der Waals surface area contributed by atoms with Crippen molar-refractivity contribution in [2.24, 2.45) is 5.92 Å². The Labute approximate surface area is 106 Å². The zero-order valence-electron chi connectivity index (χ0n) is 11.0. The lowest BCUT2D eigenvalue weighted by Gasteiger charge is -2.15. The van der Waals surface area contributed by atoms with E-state index in [0.29, 0.717) is 0 Å². The normalized spacial score (nSPS) is 12.2. The van der Waals surface area contributed by atoms with Crippen LogP contribution < -0.4 is 0 Å². The van der Waals surface area contributed by atoms with Crippen molar-refractivity contribution in [3.63, 3.8) is 0 Å². The number of rotatable bonds is 11. The molecular formula is C12H26O4S. The maximum absolute atomic E-state index is 10.5. The first-order valence-electron chi connectivity index (χ1n) is 6.61. The van der Waals surface area contributed by atoms with Crippen molar-refractivity contribution in [2.75, 3.05) is 6.61 Å². The molecule has 0 bridgehead atoms. The molecule has 0 spiro atoms. The van der Waals surface area contributed by atoms with Gasteiger partial charge in [0.1, 0.15) is 0 Å². The molecule has 0 saturated heterocycles. The Kier molecular flexibility index (Phi) is 9.78. The van der Waals surface area contributed by atoms with Gasteiger partial charge in [-0.1, -0.05) is 52.4 Å². The molecule has 0 aliphatic heterocycles. The van der Waals surface area contributed by atoms with Gasteiger partial charge in [-0.05, 0) is 18.8 Å². The minimum Gasteiger partial charge on any atom is -0.264 e. The van der Waals surface area contributed by atoms with E-state index in [4.69, 9.17) is 4.55 Å². The summed E-state index contributed by atoms with van der Waals surface area (Å²) in [6, 6.07) is 0. The molecule has 1 N–H and O–H groups in total. The van der Waals surface area contributed by atoms with Crippen molar-refractivity contribution in [1.29, 1.82) is 0 Å². The molecule has 4 nitrogen and oxygen atoms in total. The van der Waals surface area contributed by atoms with Crippen LogP contribution in [0.4, 0.5) is 0 Å². The lowest BCUT2D eigenvalue weighted by molar-refractivity contribution is 0.204. The molecule has 104 valence electrons. The molecule has 0 unspecified atom stereocenters. The lowest BCUT2D eigenvalue weighted by atomic mass is 9.96. The summed E-state index contributed by atoms with van der Waals surface area (Å²) in [4.78, 5) is 0. The van der Waals surface area contributed by atoms with Crippen LogP contribution in [0.1, 0.15) is 65.2 Å². The highest BCUT2D eigenvalue weighted by molar-refractivity contribution is 7.80. The van der Waals surface area contributed by atoms with Crippen LogP contribution in [0.3, 0.4) is 0 Å². The van der Waals surface area contributed by atoms with Gasteiger partial charge in [0.15, 0.2) is 0 Å². The molecular weight excluding hydrogens is 240 g/mol. The van der Waals surface area contributed by atoms with Crippen molar-refractivity contribution in [3.8, 4) is 0 Å². The first-order chi connectivity index (χ1) is 7.99. The predicted octanol–water partition coefficient (Wildman–Crippen LogP) is 3.58. The minimum absolute atomic E-state index is 0.117. The van der Waals surface area contributed by atoms with Gasteiger partial charge in [0.25, 0.3) is 0 Å². The molecule has 0 aliphatic carbocycles. The van der Waals surface area contributed by atoms with Crippen molar-refractivity contribution in [1.82, 2.24) is 0 Å². The monoisotopic (exact) mass is 266 g/mol. The van der Waals surface area contributed by atoms with E-state index in [0.717, 1.165) is 51.4 Å². The van der Waals surface area contributed by atoms with E-state index in [1.807, 2.05) is 0 Å². The van der Waals surface area contributed by atoms with Crippen molar-refractivity contribution >= 4 is 10.4 Å². The summed E-state index contributed by atoms with van der Waals surface area (Å²) in [5.41, 5.74) is 0. The molecule has 0 radical (unpaired) electrons. The van der Waals surface area contributed by atoms with Crippen LogP contribution in [0.15, 0.2) is 0 Å². The predicted molar refractivity (Wildman–Crippen MR) is 69.3 cm³/mol. The molecule has 0 fully saturated rings. The van der Waals surface area contributed by atoms with Gasteiger partial charge in [-0.15, -0.1) is 0 Å². The molecule has 0 amide bonds. The van der Waals surface area contributed by atoms with Crippen molar-refractivity contribution in [3.05, 3.63) is 0 Å². The SMILES string of the molecule is CCCCCC(CCCCC)COS(=O)(=O)O. The van der Waals surface area contributed by atoms with Gasteiger partial charge < -0.3 is 0 Å². The van der Waals surface area contributed by atoms with Gasteiger partial charge in [0.05, 0.1) is 6.61 Å². The van der Waals surface area contributed by atoms with Gasteiger partial charge >= 0.3 is 10.4 Å².